The van der Waals surface area contributed by atoms with Gasteiger partial charge in [0.2, 0.25) is 5.91 Å². The van der Waals surface area contributed by atoms with Gasteiger partial charge >= 0.3 is 0 Å². The Bertz CT molecular complexity index is 552. The van der Waals surface area contributed by atoms with Crippen LogP contribution in [0, 0.1) is 0 Å². The molecule has 0 atom stereocenters. The molecule has 2 rings (SSSR count). The maximum Gasteiger partial charge on any atom is 0.228 e. The summed E-state index contributed by atoms with van der Waals surface area (Å²) in [7, 11) is 0. The number of carbonyl (C=O) groups is 1. The van der Waals surface area contributed by atoms with Crippen molar-refractivity contribution in [3.8, 4) is 5.75 Å². The largest absolute Gasteiger partial charge is 0.508 e. The molecule has 5 heteroatoms. The van der Waals surface area contributed by atoms with Crippen LogP contribution in [0.25, 0.3) is 0 Å². The van der Waals surface area contributed by atoms with Crippen LogP contribution in [-0.4, -0.2) is 16.0 Å². The van der Waals surface area contributed by atoms with Crippen molar-refractivity contribution in [1.82, 2.24) is 4.98 Å². The molecule has 5 nitrogen and oxygen atoms in total. The average molecular weight is 243 g/mol. The number of carbonyl (C=O) groups excluding carboxylic acids is 1. The van der Waals surface area contributed by atoms with E-state index in [0.717, 1.165) is 5.56 Å². The first-order chi connectivity index (χ1) is 8.63. The second-order valence-corrected chi connectivity index (χ2v) is 3.87. The van der Waals surface area contributed by atoms with Gasteiger partial charge in [0.15, 0.2) is 0 Å². The number of nitrogens with two attached hydrogens (primary N) is 1. The van der Waals surface area contributed by atoms with Gasteiger partial charge in [0.05, 0.1) is 18.3 Å². The second-order valence-electron chi connectivity index (χ2n) is 3.87. The van der Waals surface area contributed by atoms with Gasteiger partial charge in [-0.05, 0) is 29.8 Å². The van der Waals surface area contributed by atoms with Gasteiger partial charge < -0.3 is 16.2 Å². The van der Waals surface area contributed by atoms with E-state index in [1.807, 2.05) is 0 Å². The highest BCUT2D eigenvalue weighted by Gasteiger charge is 2.04. The Hall–Kier alpha value is -2.56. The monoisotopic (exact) mass is 243 g/mol. The number of aromatic nitrogens is 1. The minimum atomic E-state index is -0.174. The number of hydrogen-bond acceptors (Lipinski definition) is 4. The van der Waals surface area contributed by atoms with Crippen molar-refractivity contribution < 1.29 is 9.90 Å². The number of aromatic hydroxyl groups is 1. The predicted molar refractivity (Wildman–Crippen MR) is 69.1 cm³/mol. The predicted octanol–water partition coefficient (Wildman–Crippen LogP) is 1.55. The zero-order chi connectivity index (χ0) is 13.0. The highest BCUT2D eigenvalue weighted by atomic mass is 16.3. The first kappa shape index (κ1) is 11.9. The number of amides is 1. The summed E-state index contributed by atoms with van der Waals surface area (Å²) in [6.45, 7) is 0. The molecule has 0 saturated carbocycles. The van der Waals surface area contributed by atoms with E-state index in [2.05, 4.69) is 10.3 Å². The zero-order valence-corrected chi connectivity index (χ0v) is 9.63. The van der Waals surface area contributed by atoms with Gasteiger partial charge in [0.25, 0.3) is 0 Å². The molecule has 1 aromatic heterocycles. The molecule has 0 radical (unpaired) electrons. The molecule has 92 valence electrons. The highest BCUT2D eigenvalue weighted by molar-refractivity contribution is 5.92. The van der Waals surface area contributed by atoms with Gasteiger partial charge in [0.1, 0.15) is 11.6 Å². The lowest BCUT2D eigenvalue weighted by Crippen LogP contribution is -2.14. The lowest BCUT2D eigenvalue weighted by atomic mass is 10.1. The Balaban J connectivity index is 1.98. The summed E-state index contributed by atoms with van der Waals surface area (Å²) in [5.74, 6) is 0.377. The van der Waals surface area contributed by atoms with Crippen LogP contribution in [0.5, 0.6) is 5.75 Å². The fraction of sp³-hybridized carbons (Fsp3) is 0.0769. The van der Waals surface area contributed by atoms with Crippen LogP contribution >= 0.6 is 0 Å². The van der Waals surface area contributed by atoms with E-state index in [4.69, 9.17) is 5.73 Å². The molecule has 18 heavy (non-hydrogen) atoms. The first-order valence-corrected chi connectivity index (χ1v) is 5.43. The maximum absolute atomic E-state index is 11.7. The topological polar surface area (TPSA) is 88.2 Å². The summed E-state index contributed by atoms with van der Waals surface area (Å²) >= 11 is 0. The molecule has 0 aliphatic carbocycles. The van der Waals surface area contributed by atoms with Crippen LogP contribution in [0.4, 0.5) is 11.5 Å². The molecule has 4 N–H and O–H groups in total. The average Bonchev–Trinajstić information content (AvgIpc) is 2.32. The van der Waals surface area contributed by atoms with Crippen LogP contribution in [0.15, 0.2) is 42.6 Å². The molecule has 0 bridgehead atoms. The molecule has 0 aliphatic heterocycles. The molecule has 0 unspecified atom stereocenters. The number of nitrogens with one attached hydrogen (secondary N) is 1. The van der Waals surface area contributed by atoms with Crippen molar-refractivity contribution in [2.24, 2.45) is 0 Å². The zero-order valence-electron chi connectivity index (χ0n) is 9.63. The van der Waals surface area contributed by atoms with Gasteiger partial charge in [0, 0.05) is 0 Å². The lowest BCUT2D eigenvalue weighted by molar-refractivity contribution is -0.115. The van der Waals surface area contributed by atoms with Gasteiger partial charge in [-0.15, -0.1) is 0 Å². The smallest absolute Gasteiger partial charge is 0.228 e. The quantitative estimate of drug-likeness (QED) is 0.763. The van der Waals surface area contributed by atoms with Crippen molar-refractivity contribution >= 4 is 17.4 Å². The molecular weight excluding hydrogens is 230 g/mol. The van der Waals surface area contributed by atoms with Crippen LogP contribution < -0.4 is 11.1 Å². The molecular formula is C13H13N3O2. The number of hydrogen-bond donors (Lipinski definition) is 3. The number of pyridine rings is 1. The van der Waals surface area contributed by atoms with E-state index < -0.39 is 0 Å². The SMILES string of the molecule is Nc1ccc(NC(=O)Cc2cccc(O)c2)cn1. The normalized spacial score (nSPS) is 10.0. The van der Waals surface area contributed by atoms with E-state index in [1.165, 1.54) is 6.20 Å². The Morgan fingerprint density at radius 1 is 1.33 bits per heavy atom. The summed E-state index contributed by atoms with van der Waals surface area (Å²) in [5.41, 5.74) is 6.78. The number of benzene rings is 1. The summed E-state index contributed by atoms with van der Waals surface area (Å²) < 4.78 is 0. The number of nitrogen functional groups attached to an aromatic ring is 1. The number of anilines is 2. The van der Waals surface area contributed by atoms with Crippen LogP contribution in [-0.2, 0) is 11.2 Å². The minimum Gasteiger partial charge on any atom is -0.508 e. The summed E-state index contributed by atoms with van der Waals surface area (Å²) in [4.78, 5) is 15.6. The summed E-state index contributed by atoms with van der Waals surface area (Å²) in [5, 5.41) is 12.0. The molecule has 0 fully saturated rings. The van der Waals surface area contributed by atoms with Gasteiger partial charge in [-0.3, -0.25) is 4.79 Å². The van der Waals surface area contributed by atoms with Crippen LogP contribution in [0.3, 0.4) is 0 Å². The van der Waals surface area contributed by atoms with Crippen molar-refractivity contribution in [2.45, 2.75) is 6.42 Å². The van der Waals surface area contributed by atoms with E-state index in [1.54, 1.807) is 36.4 Å². The molecule has 0 aliphatic rings. The van der Waals surface area contributed by atoms with Crippen LogP contribution in [0.2, 0.25) is 0 Å². The first-order valence-electron chi connectivity index (χ1n) is 5.43. The van der Waals surface area contributed by atoms with Gasteiger partial charge in [-0.1, -0.05) is 12.1 Å². The van der Waals surface area contributed by atoms with E-state index >= 15 is 0 Å². The third-order valence-corrected chi connectivity index (χ3v) is 2.35. The van der Waals surface area contributed by atoms with Crippen molar-refractivity contribution in [3.63, 3.8) is 0 Å². The van der Waals surface area contributed by atoms with Crippen molar-refractivity contribution in [2.75, 3.05) is 11.1 Å². The minimum absolute atomic E-state index is 0.148. The Labute approximate surface area is 104 Å². The summed E-state index contributed by atoms with van der Waals surface area (Å²) in [6, 6.07) is 9.89. The van der Waals surface area contributed by atoms with E-state index in [9.17, 15) is 9.90 Å². The molecule has 2 aromatic rings. The van der Waals surface area contributed by atoms with Crippen molar-refractivity contribution in [1.29, 1.82) is 0 Å². The molecule has 1 aromatic carbocycles. The molecule has 0 spiro atoms. The lowest BCUT2D eigenvalue weighted by Gasteiger charge is -2.05. The fourth-order valence-electron chi connectivity index (χ4n) is 1.54. The number of phenolic OH excluding ortho intramolecular Hbond substituents is 1. The number of rotatable bonds is 3. The molecule has 1 heterocycles. The summed E-state index contributed by atoms with van der Waals surface area (Å²) in [6.07, 6.45) is 1.69. The second kappa shape index (κ2) is 5.18. The van der Waals surface area contributed by atoms with E-state index in [0.29, 0.717) is 11.5 Å². The number of nitrogens with zero attached hydrogens (tertiary/aromatic N) is 1. The number of phenols is 1. The third kappa shape index (κ3) is 3.21. The Kier molecular flexibility index (Phi) is 3.43. The fourth-order valence-corrected chi connectivity index (χ4v) is 1.54. The Morgan fingerprint density at radius 2 is 2.17 bits per heavy atom. The molecule has 1 amide bonds. The third-order valence-electron chi connectivity index (χ3n) is 2.35. The van der Waals surface area contributed by atoms with Crippen LogP contribution in [0.1, 0.15) is 5.56 Å². The van der Waals surface area contributed by atoms with Crippen molar-refractivity contribution in [3.05, 3.63) is 48.2 Å². The van der Waals surface area contributed by atoms with Gasteiger partial charge in [-0.2, -0.15) is 0 Å². The molecule has 0 saturated heterocycles. The maximum atomic E-state index is 11.7. The highest BCUT2D eigenvalue weighted by Crippen LogP contribution is 2.12. The Morgan fingerprint density at radius 3 is 2.83 bits per heavy atom. The van der Waals surface area contributed by atoms with Gasteiger partial charge in [-0.25, -0.2) is 4.98 Å². The van der Waals surface area contributed by atoms with E-state index in [-0.39, 0.29) is 18.1 Å². The standard InChI is InChI=1S/C13H13N3O2/c14-12-5-4-10(8-15-12)16-13(18)7-9-2-1-3-11(17)6-9/h1-6,8,17H,7H2,(H2,14,15)(H,16,18).